The number of phenolic OH excluding ortho intramolecular Hbond substituents is 2. The van der Waals surface area contributed by atoms with E-state index in [1.807, 2.05) is 0 Å². The molecule has 0 spiro atoms. The minimum atomic E-state index is -0.793. The standard InChI is InChI=1S/C18H17NO6/c1-19(2)18(24)10-7-11(9-20)15(14(8-10)25-3)17(23)16-12(21)5-4-6-13(16)22/h4-9,21-22H,1-3H3. The van der Waals surface area contributed by atoms with Crippen LogP contribution in [0.5, 0.6) is 17.2 Å². The molecular formula is C18H17NO6. The molecule has 0 aliphatic rings. The van der Waals surface area contributed by atoms with Gasteiger partial charge in [-0.3, -0.25) is 14.4 Å². The molecule has 0 aliphatic carbocycles. The molecule has 2 N–H and O–H groups in total. The molecule has 0 saturated carbocycles. The Kier molecular flexibility index (Phi) is 5.07. The van der Waals surface area contributed by atoms with Crippen LogP contribution in [0.3, 0.4) is 0 Å². The van der Waals surface area contributed by atoms with Gasteiger partial charge in [-0.05, 0) is 24.3 Å². The Balaban J connectivity index is 2.71. The molecule has 7 heteroatoms. The fourth-order valence-corrected chi connectivity index (χ4v) is 2.40. The van der Waals surface area contributed by atoms with Crippen LogP contribution in [0.15, 0.2) is 30.3 Å². The molecule has 0 bridgehead atoms. The molecule has 0 aliphatic heterocycles. The molecule has 0 fully saturated rings. The summed E-state index contributed by atoms with van der Waals surface area (Å²) in [5.41, 5.74) is -0.417. The summed E-state index contributed by atoms with van der Waals surface area (Å²) in [5, 5.41) is 19.8. The number of aldehydes is 1. The summed E-state index contributed by atoms with van der Waals surface area (Å²) in [4.78, 5) is 37.7. The second kappa shape index (κ2) is 7.04. The van der Waals surface area contributed by atoms with E-state index in [9.17, 15) is 24.6 Å². The zero-order valence-corrected chi connectivity index (χ0v) is 13.9. The Morgan fingerprint density at radius 3 is 2.16 bits per heavy atom. The monoisotopic (exact) mass is 343 g/mol. The second-order valence-corrected chi connectivity index (χ2v) is 5.46. The first kappa shape index (κ1) is 18.0. The average Bonchev–Trinajstić information content (AvgIpc) is 2.59. The lowest BCUT2D eigenvalue weighted by atomic mass is 9.94. The van der Waals surface area contributed by atoms with Gasteiger partial charge in [0.2, 0.25) is 5.78 Å². The van der Waals surface area contributed by atoms with E-state index in [-0.39, 0.29) is 33.9 Å². The minimum Gasteiger partial charge on any atom is -0.507 e. The van der Waals surface area contributed by atoms with Gasteiger partial charge in [0.25, 0.3) is 5.91 Å². The molecule has 0 atom stereocenters. The third-order valence-electron chi connectivity index (χ3n) is 3.61. The largest absolute Gasteiger partial charge is 0.507 e. The Labute approximate surface area is 144 Å². The fourth-order valence-electron chi connectivity index (χ4n) is 2.40. The lowest BCUT2D eigenvalue weighted by Crippen LogP contribution is -2.22. The van der Waals surface area contributed by atoms with Crippen molar-refractivity contribution < 1.29 is 29.3 Å². The van der Waals surface area contributed by atoms with Gasteiger partial charge in [0.1, 0.15) is 22.8 Å². The Hall–Kier alpha value is -3.35. The van der Waals surface area contributed by atoms with Crippen LogP contribution in [0.25, 0.3) is 0 Å². The summed E-state index contributed by atoms with van der Waals surface area (Å²) in [5.74, 6) is -2.04. The van der Waals surface area contributed by atoms with Gasteiger partial charge < -0.3 is 19.8 Å². The predicted octanol–water partition coefficient (Wildman–Crippen LogP) is 1.85. The zero-order valence-electron chi connectivity index (χ0n) is 13.9. The summed E-state index contributed by atoms with van der Waals surface area (Å²) in [6.45, 7) is 0. The Morgan fingerprint density at radius 1 is 1.08 bits per heavy atom. The lowest BCUT2D eigenvalue weighted by Gasteiger charge is -2.16. The number of rotatable bonds is 5. The molecule has 1 amide bonds. The number of ketones is 1. The maximum absolute atomic E-state index is 12.8. The van der Waals surface area contributed by atoms with E-state index in [2.05, 4.69) is 0 Å². The highest BCUT2D eigenvalue weighted by Crippen LogP contribution is 2.33. The van der Waals surface area contributed by atoms with Gasteiger partial charge >= 0.3 is 0 Å². The van der Waals surface area contributed by atoms with Crippen molar-refractivity contribution in [3.63, 3.8) is 0 Å². The van der Waals surface area contributed by atoms with E-state index in [4.69, 9.17) is 4.74 Å². The van der Waals surface area contributed by atoms with Crippen LogP contribution in [-0.2, 0) is 0 Å². The van der Waals surface area contributed by atoms with Crippen molar-refractivity contribution in [1.82, 2.24) is 4.90 Å². The summed E-state index contributed by atoms with van der Waals surface area (Å²) < 4.78 is 5.17. The number of amides is 1. The van der Waals surface area contributed by atoms with Crippen molar-refractivity contribution >= 4 is 18.0 Å². The smallest absolute Gasteiger partial charge is 0.253 e. The summed E-state index contributed by atoms with van der Waals surface area (Å²) in [7, 11) is 4.39. The summed E-state index contributed by atoms with van der Waals surface area (Å²) in [6, 6.07) is 6.45. The van der Waals surface area contributed by atoms with Gasteiger partial charge in [0, 0.05) is 25.2 Å². The van der Waals surface area contributed by atoms with E-state index in [1.165, 1.54) is 42.3 Å². The molecule has 0 aromatic heterocycles. The number of hydrogen-bond acceptors (Lipinski definition) is 6. The summed E-state index contributed by atoms with van der Waals surface area (Å²) in [6.07, 6.45) is 0.416. The van der Waals surface area contributed by atoms with Gasteiger partial charge in [-0.1, -0.05) is 6.07 Å². The third-order valence-corrected chi connectivity index (χ3v) is 3.61. The van der Waals surface area contributed by atoms with Crippen molar-refractivity contribution in [2.45, 2.75) is 0 Å². The number of carbonyl (C=O) groups is 3. The van der Waals surface area contributed by atoms with Gasteiger partial charge in [-0.2, -0.15) is 0 Å². The number of hydrogen-bond donors (Lipinski definition) is 2. The molecule has 25 heavy (non-hydrogen) atoms. The molecule has 130 valence electrons. The van der Waals surface area contributed by atoms with E-state index < -0.39 is 17.3 Å². The van der Waals surface area contributed by atoms with Gasteiger partial charge in [-0.25, -0.2) is 0 Å². The number of ether oxygens (including phenoxy) is 1. The van der Waals surface area contributed by atoms with E-state index in [0.29, 0.717) is 6.29 Å². The van der Waals surface area contributed by atoms with Crippen LogP contribution in [0, 0.1) is 0 Å². The molecule has 2 aromatic rings. The molecule has 0 radical (unpaired) electrons. The molecule has 2 rings (SSSR count). The first-order valence-corrected chi connectivity index (χ1v) is 7.26. The van der Waals surface area contributed by atoms with Crippen LogP contribution in [0.2, 0.25) is 0 Å². The van der Waals surface area contributed by atoms with Gasteiger partial charge in [0.15, 0.2) is 6.29 Å². The van der Waals surface area contributed by atoms with Gasteiger partial charge in [-0.15, -0.1) is 0 Å². The maximum atomic E-state index is 12.8. The average molecular weight is 343 g/mol. The molecule has 0 unspecified atom stereocenters. The Morgan fingerprint density at radius 2 is 1.68 bits per heavy atom. The van der Waals surface area contributed by atoms with Crippen LogP contribution < -0.4 is 4.74 Å². The third kappa shape index (κ3) is 3.30. The first-order valence-electron chi connectivity index (χ1n) is 7.26. The van der Waals surface area contributed by atoms with Crippen LogP contribution in [-0.4, -0.2) is 54.3 Å². The Bertz CT molecular complexity index is 837. The van der Waals surface area contributed by atoms with Crippen molar-refractivity contribution in [2.75, 3.05) is 21.2 Å². The van der Waals surface area contributed by atoms with Crippen molar-refractivity contribution in [1.29, 1.82) is 0 Å². The summed E-state index contributed by atoms with van der Waals surface area (Å²) >= 11 is 0. The highest BCUT2D eigenvalue weighted by molar-refractivity contribution is 6.17. The molecule has 7 nitrogen and oxygen atoms in total. The van der Waals surface area contributed by atoms with Crippen LogP contribution in [0.4, 0.5) is 0 Å². The highest BCUT2D eigenvalue weighted by Gasteiger charge is 2.26. The zero-order chi connectivity index (χ0) is 18.7. The van der Waals surface area contributed by atoms with Crippen molar-refractivity contribution in [3.05, 3.63) is 52.6 Å². The number of methoxy groups -OCH3 is 1. The van der Waals surface area contributed by atoms with E-state index in [0.717, 1.165) is 0 Å². The number of benzene rings is 2. The number of nitrogens with zero attached hydrogens (tertiary/aromatic N) is 1. The topological polar surface area (TPSA) is 104 Å². The fraction of sp³-hybridized carbons (Fsp3) is 0.167. The van der Waals surface area contributed by atoms with Crippen molar-refractivity contribution in [3.8, 4) is 17.2 Å². The van der Waals surface area contributed by atoms with E-state index >= 15 is 0 Å². The lowest BCUT2D eigenvalue weighted by molar-refractivity contribution is 0.0826. The highest BCUT2D eigenvalue weighted by atomic mass is 16.5. The van der Waals surface area contributed by atoms with Crippen LogP contribution in [0.1, 0.15) is 36.6 Å². The molecular weight excluding hydrogens is 326 g/mol. The van der Waals surface area contributed by atoms with Crippen LogP contribution >= 0.6 is 0 Å². The number of phenols is 2. The molecule has 0 heterocycles. The van der Waals surface area contributed by atoms with E-state index in [1.54, 1.807) is 14.1 Å². The minimum absolute atomic E-state index is 0.0116. The first-order chi connectivity index (χ1) is 11.8. The molecule has 0 saturated heterocycles. The predicted molar refractivity (Wildman–Crippen MR) is 89.6 cm³/mol. The molecule has 2 aromatic carbocycles. The SMILES string of the molecule is COc1cc(C(=O)N(C)C)cc(C=O)c1C(=O)c1c(O)cccc1O. The van der Waals surface area contributed by atoms with Gasteiger partial charge in [0.05, 0.1) is 12.7 Å². The maximum Gasteiger partial charge on any atom is 0.253 e. The quantitative estimate of drug-likeness (QED) is 0.634. The number of aromatic hydroxyl groups is 2. The second-order valence-electron chi connectivity index (χ2n) is 5.46. The van der Waals surface area contributed by atoms with Crippen molar-refractivity contribution in [2.24, 2.45) is 0 Å². The number of carbonyl (C=O) groups excluding carboxylic acids is 3. The normalized spacial score (nSPS) is 10.2.